The van der Waals surface area contributed by atoms with Crippen LogP contribution in [0.1, 0.15) is 48.8 Å². The van der Waals surface area contributed by atoms with E-state index in [1.807, 2.05) is 101 Å². The van der Waals surface area contributed by atoms with Crippen LogP contribution in [0.5, 0.6) is 0 Å². The van der Waals surface area contributed by atoms with E-state index in [1.165, 1.54) is 0 Å². The number of hydrogen-bond donors (Lipinski definition) is 0. The molecule has 1 heterocycles. The van der Waals surface area contributed by atoms with Crippen LogP contribution in [-0.4, -0.2) is 26.9 Å². The number of amides is 1. The molecule has 0 spiro atoms. The van der Waals surface area contributed by atoms with Gasteiger partial charge in [-0.1, -0.05) is 55.5 Å². The number of aromatic nitrogens is 2. The standard InChI is InChI=1S/C30H31N3O2/c1-5-19-32(28(34)18-16-24-11-7-6-8-12-24)23(4)29-31-27-14-10-9-13-26(27)30(35)33(29)25-17-15-21(2)22(3)20-25/h6-18,20,23H,5,19H2,1-4H3. The number of fused-ring (bicyclic) bond motifs is 1. The smallest absolute Gasteiger partial charge is 0.266 e. The van der Waals surface area contributed by atoms with Gasteiger partial charge in [0.2, 0.25) is 5.91 Å². The maximum absolute atomic E-state index is 13.7. The molecule has 0 N–H and O–H groups in total. The Morgan fingerprint density at radius 3 is 2.43 bits per heavy atom. The Morgan fingerprint density at radius 1 is 1.00 bits per heavy atom. The zero-order valence-corrected chi connectivity index (χ0v) is 20.7. The predicted molar refractivity (Wildman–Crippen MR) is 143 cm³/mol. The molecule has 0 aliphatic carbocycles. The van der Waals surface area contributed by atoms with Crippen molar-refractivity contribution in [3.05, 3.63) is 112 Å². The van der Waals surface area contributed by atoms with E-state index >= 15 is 0 Å². The lowest BCUT2D eigenvalue weighted by atomic mass is 10.1. The van der Waals surface area contributed by atoms with Crippen molar-refractivity contribution in [1.82, 2.24) is 14.5 Å². The van der Waals surface area contributed by atoms with Crippen molar-refractivity contribution in [2.45, 2.75) is 40.2 Å². The van der Waals surface area contributed by atoms with E-state index in [1.54, 1.807) is 21.6 Å². The van der Waals surface area contributed by atoms with E-state index in [0.29, 0.717) is 23.3 Å². The first-order chi connectivity index (χ1) is 16.9. The van der Waals surface area contributed by atoms with Crippen LogP contribution in [-0.2, 0) is 4.79 Å². The predicted octanol–water partition coefficient (Wildman–Crippen LogP) is 6.02. The molecule has 0 aliphatic heterocycles. The first-order valence-corrected chi connectivity index (χ1v) is 12.0. The molecule has 0 saturated carbocycles. The Bertz CT molecular complexity index is 1440. The normalized spacial score (nSPS) is 12.2. The number of para-hydroxylation sites is 1. The summed E-state index contributed by atoms with van der Waals surface area (Å²) in [5, 5.41) is 0.555. The van der Waals surface area contributed by atoms with Crippen LogP contribution in [0.3, 0.4) is 0 Å². The van der Waals surface area contributed by atoms with Crippen molar-refractivity contribution >= 4 is 22.9 Å². The second-order valence-electron chi connectivity index (χ2n) is 8.85. The van der Waals surface area contributed by atoms with Crippen LogP contribution < -0.4 is 5.56 Å². The Hall–Kier alpha value is -3.99. The number of hydrogen-bond acceptors (Lipinski definition) is 3. The molecule has 35 heavy (non-hydrogen) atoms. The lowest BCUT2D eigenvalue weighted by Gasteiger charge is -2.29. The van der Waals surface area contributed by atoms with Crippen molar-refractivity contribution in [2.24, 2.45) is 0 Å². The fraction of sp³-hybridized carbons (Fsp3) is 0.233. The second-order valence-corrected chi connectivity index (χ2v) is 8.85. The molecule has 3 aromatic carbocycles. The van der Waals surface area contributed by atoms with Crippen LogP contribution in [0.25, 0.3) is 22.7 Å². The third-order valence-electron chi connectivity index (χ3n) is 6.36. The molecule has 1 aromatic heterocycles. The summed E-state index contributed by atoms with van der Waals surface area (Å²) < 4.78 is 1.66. The summed E-state index contributed by atoms with van der Waals surface area (Å²) in [5.74, 6) is 0.434. The van der Waals surface area contributed by atoms with Gasteiger partial charge in [-0.25, -0.2) is 4.98 Å². The summed E-state index contributed by atoms with van der Waals surface area (Å²) in [4.78, 5) is 33.8. The van der Waals surface area contributed by atoms with Gasteiger partial charge in [0.15, 0.2) is 0 Å². The number of rotatable bonds is 7. The number of nitrogens with zero attached hydrogens (tertiary/aromatic N) is 3. The fourth-order valence-corrected chi connectivity index (χ4v) is 4.25. The first-order valence-electron chi connectivity index (χ1n) is 12.0. The van der Waals surface area contributed by atoms with Crippen molar-refractivity contribution in [1.29, 1.82) is 0 Å². The van der Waals surface area contributed by atoms with Crippen LogP contribution in [0.2, 0.25) is 0 Å². The summed E-state index contributed by atoms with van der Waals surface area (Å²) >= 11 is 0. The van der Waals surface area contributed by atoms with Gasteiger partial charge in [-0.3, -0.25) is 14.2 Å². The molecule has 0 fully saturated rings. The molecule has 1 amide bonds. The largest absolute Gasteiger partial charge is 0.329 e. The summed E-state index contributed by atoms with van der Waals surface area (Å²) in [6.45, 7) is 8.61. The van der Waals surface area contributed by atoms with Crippen LogP contribution in [0, 0.1) is 13.8 Å². The average molecular weight is 466 g/mol. The van der Waals surface area contributed by atoms with E-state index in [4.69, 9.17) is 4.98 Å². The highest BCUT2D eigenvalue weighted by molar-refractivity contribution is 5.92. The van der Waals surface area contributed by atoms with Gasteiger partial charge in [-0.05, 0) is 74.2 Å². The van der Waals surface area contributed by atoms with E-state index in [-0.39, 0.29) is 11.5 Å². The van der Waals surface area contributed by atoms with Crippen LogP contribution in [0.4, 0.5) is 0 Å². The maximum Gasteiger partial charge on any atom is 0.266 e. The van der Waals surface area contributed by atoms with E-state index < -0.39 is 6.04 Å². The molecular weight excluding hydrogens is 434 g/mol. The molecule has 0 saturated heterocycles. The lowest BCUT2D eigenvalue weighted by Crippen LogP contribution is -2.37. The minimum Gasteiger partial charge on any atom is -0.329 e. The quantitative estimate of drug-likeness (QED) is 0.314. The van der Waals surface area contributed by atoms with Gasteiger partial charge in [0, 0.05) is 12.6 Å². The Balaban J connectivity index is 1.84. The number of carbonyl (C=O) groups excluding carboxylic acids is 1. The van der Waals surface area contributed by atoms with Gasteiger partial charge < -0.3 is 4.90 Å². The van der Waals surface area contributed by atoms with Crippen molar-refractivity contribution in [3.63, 3.8) is 0 Å². The summed E-state index contributed by atoms with van der Waals surface area (Å²) in [6.07, 6.45) is 4.21. The first kappa shape index (κ1) is 24.1. The van der Waals surface area contributed by atoms with E-state index in [2.05, 4.69) is 0 Å². The molecule has 0 bridgehead atoms. The third-order valence-corrected chi connectivity index (χ3v) is 6.36. The molecule has 4 aromatic rings. The highest BCUT2D eigenvalue weighted by Gasteiger charge is 2.25. The molecular formula is C30H31N3O2. The molecule has 4 rings (SSSR count). The number of aryl methyl sites for hydroxylation is 2. The average Bonchev–Trinajstić information content (AvgIpc) is 2.88. The van der Waals surface area contributed by atoms with Crippen molar-refractivity contribution in [3.8, 4) is 5.69 Å². The maximum atomic E-state index is 13.7. The Morgan fingerprint density at radius 2 is 1.71 bits per heavy atom. The van der Waals surface area contributed by atoms with Crippen molar-refractivity contribution < 1.29 is 4.79 Å². The minimum absolute atomic E-state index is 0.114. The summed E-state index contributed by atoms with van der Waals surface area (Å²) in [6, 6.07) is 22.7. The number of benzene rings is 3. The molecule has 5 nitrogen and oxygen atoms in total. The molecule has 178 valence electrons. The van der Waals surface area contributed by atoms with Gasteiger partial charge >= 0.3 is 0 Å². The Labute approximate surface area is 206 Å². The topological polar surface area (TPSA) is 55.2 Å². The highest BCUT2D eigenvalue weighted by Crippen LogP contribution is 2.24. The molecule has 1 atom stereocenters. The Kier molecular flexibility index (Phi) is 7.25. The van der Waals surface area contributed by atoms with E-state index in [0.717, 1.165) is 28.8 Å². The van der Waals surface area contributed by atoms with Gasteiger partial charge in [-0.15, -0.1) is 0 Å². The SMILES string of the molecule is CCCN(C(=O)C=Cc1ccccc1)C(C)c1nc2ccccc2c(=O)n1-c1ccc(C)c(C)c1. The zero-order chi connectivity index (χ0) is 24.9. The zero-order valence-electron chi connectivity index (χ0n) is 20.7. The van der Waals surface area contributed by atoms with Crippen molar-refractivity contribution in [2.75, 3.05) is 6.54 Å². The van der Waals surface area contributed by atoms with Gasteiger partial charge in [0.1, 0.15) is 5.82 Å². The molecule has 5 heteroatoms. The van der Waals surface area contributed by atoms with Gasteiger partial charge in [0.05, 0.1) is 22.6 Å². The lowest BCUT2D eigenvalue weighted by molar-refractivity contribution is -0.128. The fourth-order valence-electron chi connectivity index (χ4n) is 4.25. The summed E-state index contributed by atoms with van der Waals surface area (Å²) in [5.41, 5.74) is 4.45. The second kappa shape index (κ2) is 10.5. The third kappa shape index (κ3) is 5.09. The minimum atomic E-state index is -0.415. The van der Waals surface area contributed by atoms with Crippen LogP contribution >= 0.6 is 0 Å². The summed E-state index contributed by atoms with van der Waals surface area (Å²) in [7, 11) is 0. The van der Waals surface area contributed by atoms with Gasteiger partial charge in [-0.2, -0.15) is 0 Å². The van der Waals surface area contributed by atoms with Gasteiger partial charge in [0.25, 0.3) is 5.56 Å². The molecule has 1 unspecified atom stereocenters. The molecule has 0 radical (unpaired) electrons. The van der Waals surface area contributed by atoms with E-state index in [9.17, 15) is 9.59 Å². The monoisotopic (exact) mass is 465 g/mol. The molecule has 0 aliphatic rings. The number of carbonyl (C=O) groups is 1. The highest BCUT2D eigenvalue weighted by atomic mass is 16.2. The van der Waals surface area contributed by atoms with Crippen LogP contribution in [0.15, 0.2) is 83.7 Å².